The molecular formula is C29H25Cl2N3O4S. The average molecular weight is 583 g/mol. The number of hydrogen-bond acceptors (Lipinski definition) is 5. The molecule has 39 heavy (non-hydrogen) atoms. The number of nitrogens with one attached hydrogen (secondary N) is 1. The second-order valence-electron chi connectivity index (χ2n) is 8.54. The first-order valence-corrected chi connectivity index (χ1v) is 14.0. The van der Waals surface area contributed by atoms with E-state index in [1.54, 1.807) is 66.7 Å². The van der Waals surface area contributed by atoms with E-state index < -0.39 is 22.5 Å². The first-order chi connectivity index (χ1) is 18.7. The van der Waals surface area contributed by atoms with Crippen LogP contribution in [0.2, 0.25) is 10.0 Å². The lowest BCUT2D eigenvalue weighted by Gasteiger charge is -2.24. The van der Waals surface area contributed by atoms with Gasteiger partial charge >= 0.3 is 0 Å². The first-order valence-electron chi connectivity index (χ1n) is 11.9. The number of amides is 1. The summed E-state index contributed by atoms with van der Waals surface area (Å²) in [7, 11) is -4.05. The van der Waals surface area contributed by atoms with E-state index in [0.29, 0.717) is 28.0 Å². The molecule has 4 rings (SSSR count). The van der Waals surface area contributed by atoms with Crippen molar-refractivity contribution in [3.05, 3.63) is 124 Å². The van der Waals surface area contributed by atoms with Gasteiger partial charge < -0.3 is 4.74 Å². The Hall–Kier alpha value is -3.85. The number of carbonyl (C=O) groups is 1. The predicted molar refractivity (Wildman–Crippen MR) is 155 cm³/mol. The normalized spacial score (nSPS) is 11.4. The maximum atomic E-state index is 13.4. The Kier molecular flexibility index (Phi) is 9.24. The van der Waals surface area contributed by atoms with Gasteiger partial charge in [0.1, 0.15) is 18.9 Å². The number of benzene rings is 4. The van der Waals surface area contributed by atoms with Gasteiger partial charge in [-0.05, 0) is 84.3 Å². The van der Waals surface area contributed by atoms with E-state index >= 15 is 0 Å². The number of aryl methyl sites for hydroxylation is 1. The third-order valence-corrected chi connectivity index (χ3v) is 8.11. The number of anilines is 1. The number of halogens is 2. The van der Waals surface area contributed by atoms with Crippen LogP contribution in [0, 0.1) is 6.92 Å². The summed E-state index contributed by atoms with van der Waals surface area (Å²) in [5, 5.41) is 5.04. The van der Waals surface area contributed by atoms with E-state index in [1.165, 1.54) is 24.4 Å². The molecule has 0 fully saturated rings. The molecular weight excluding hydrogens is 557 g/mol. The van der Waals surface area contributed by atoms with Crippen molar-refractivity contribution in [1.29, 1.82) is 0 Å². The van der Waals surface area contributed by atoms with Gasteiger partial charge in [-0.15, -0.1) is 0 Å². The molecule has 0 saturated carbocycles. The van der Waals surface area contributed by atoms with E-state index in [9.17, 15) is 13.2 Å². The SMILES string of the molecule is Cc1ccc(N(CC(=O)NN=Cc2ccc(OCc3ccc(Cl)cc3)cc2)S(=O)(=O)c2ccccc2)cc1Cl. The molecule has 0 saturated heterocycles. The molecule has 10 heteroatoms. The zero-order chi connectivity index (χ0) is 27.8. The van der Waals surface area contributed by atoms with Crippen molar-refractivity contribution >= 4 is 51.0 Å². The number of hydrazone groups is 1. The third kappa shape index (κ3) is 7.60. The van der Waals surface area contributed by atoms with Crippen LogP contribution in [0.15, 0.2) is 107 Å². The quantitative estimate of drug-likeness (QED) is 0.178. The molecule has 1 amide bonds. The molecule has 7 nitrogen and oxygen atoms in total. The van der Waals surface area contributed by atoms with Crippen molar-refractivity contribution in [1.82, 2.24) is 5.43 Å². The van der Waals surface area contributed by atoms with E-state index in [1.807, 2.05) is 19.1 Å². The highest BCUT2D eigenvalue weighted by atomic mass is 35.5. The zero-order valence-electron chi connectivity index (χ0n) is 20.9. The number of ether oxygens (including phenoxy) is 1. The molecule has 0 bridgehead atoms. The molecule has 4 aromatic carbocycles. The van der Waals surface area contributed by atoms with Crippen LogP contribution in [0.3, 0.4) is 0 Å². The van der Waals surface area contributed by atoms with Crippen LogP contribution in [0.5, 0.6) is 5.75 Å². The number of carbonyl (C=O) groups excluding carboxylic acids is 1. The zero-order valence-corrected chi connectivity index (χ0v) is 23.2. The average Bonchev–Trinajstić information content (AvgIpc) is 2.94. The Morgan fingerprint density at radius 1 is 0.949 bits per heavy atom. The molecule has 0 spiro atoms. The van der Waals surface area contributed by atoms with Crippen LogP contribution in [0.4, 0.5) is 5.69 Å². The lowest BCUT2D eigenvalue weighted by molar-refractivity contribution is -0.119. The summed E-state index contributed by atoms with van der Waals surface area (Å²) in [6.45, 7) is 1.71. The highest BCUT2D eigenvalue weighted by Crippen LogP contribution is 2.28. The Labute approximate surface area is 237 Å². The summed E-state index contributed by atoms with van der Waals surface area (Å²) >= 11 is 12.2. The van der Waals surface area contributed by atoms with Crippen molar-refractivity contribution in [3.8, 4) is 5.75 Å². The Balaban J connectivity index is 1.41. The predicted octanol–water partition coefficient (Wildman–Crippen LogP) is 6.23. The van der Waals surface area contributed by atoms with E-state index in [4.69, 9.17) is 27.9 Å². The summed E-state index contributed by atoms with van der Waals surface area (Å²) in [6.07, 6.45) is 1.46. The topological polar surface area (TPSA) is 88.1 Å². The van der Waals surface area contributed by atoms with Gasteiger partial charge in [0.05, 0.1) is 16.8 Å². The van der Waals surface area contributed by atoms with Crippen LogP contribution in [-0.2, 0) is 21.4 Å². The van der Waals surface area contributed by atoms with Gasteiger partial charge in [0, 0.05) is 10.0 Å². The van der Waals surface area contributed by atoms with Gasteiger partial charge in [0.25, 0.3) is 15.9 Å². The summed E-state index contributed by atoms with van der Waals surface area (Å²) in [5.74, 6) is 0.0510. The molecule has 200 valence electrons. The van der Waals surface area contributed by atoms with Gasteiger partial charge in [0.15, 0.2) is 0 Å². The summed E-state index contributed by atoms with van der Waals surface area (Å²) in [6, 6.07) is 27.3. The molecule has 0 aliphatic rings. The minimum absolute atomic E-state index is 0.0522. The van der Waals surface area contributed by atoms with Gasteiger partial charge in [-0.1, -0.05) is 59.6 Å². The number of rotatable bonds is 10. The van der Waals surface area contributed by atoms with Crippen molar-refractivity contribution in [2.24, 2.45) is 5.10 Å². The van der Waals surface area contributed by atoms with Crippen LogP contribution in [0.1, 0.15) is 16.7 Å². The highest BCUT2D eigenvalue weighted by Gasteiger charge is 2.27. The minimum Gasteiger partial charge on any atom is -0.489 e. The smallest absolute Gasteiger partial charge is 0.264 e. The molecule has 0 heterocycles. The molecule has 0 aliphatic carbocycles. The van der Waals surface area contributed by atoms with Crippen molar-refractivity contribution in [2.45, 2.75) is 18.4 Å². The summed E-state index contributed by atoms with van der Waals surface area (Å²) in [5.41, 5.74) is 5.15. The van der Waals surface area contributed by atoms with Gasteiger partial charge in [0.2, 0.25) is 0 Å². The molecule has 1 N–H and O–H groups in total. The second kappa shape index (κ2) is 12.8. The number of hydrogen-bond donors (Lipinski definition) is 1. The molecule has 0 unspecified atom stereocenters. The van der Waals surface area contributed by atoms with Crippen LogP contribution in [-0.4, -0.2) is 27.1 Å². The largest absolute Gasteiger partial charge is 0.489 e. The number of sulfonamides is 1. The lowest BCUT2D eigenvalue weighted by atomic mass is 10.2. The Morgan fingerprint density at radius 3 is 2.31 bits per heavy atom. The maximum Gasteiger partial charge on any atom is 0.264 e. The molecule has 0 aromatic heterocycles. The number of nitrogens with zero attached hydrogens (tertiary/aromatic N) is 2. The van der Waals surface area contributed by atoms with E-state index in [2.05, 4.69) is 10.5 Å². The van der Waals surface area contributed by atoms with Gasteiger partial charge in [-0.25, -0.2) is 13.8 Å². The first kappa shape index (κ1) is 28.2. The third-order valence-electron chi connectivity index (χ3n) is 5.66. The van der Waals surface area contributed by atoms with E-state index in [0.717, 1.165) is 15.4 Å². The van der Waals surface area contributed by atoms with Gasteiger partial charge in [-0.2, -0.15) is 5.10 Å². The summed E-state index contributed by atoms with van der Waals surface area (Å²) < 4.78 is 33.6. The highest BCUT2D eigenvalue weighted by molar-refractivity contribution is 7.92. The fourth-order valence-corrected chi connectivity index (χ4v) is 5.25. The van der Waals surface area contributed by atoms with Crippen molar-refractivity contribution in [2.75, 3.05) is 10.8 Å². The molecule has 0 aliphatic heterocycles. The standard InChI is InChI=1S/C29H25Cl2N3O4S/c1-21-7-14-25(17-28(21)31)34(39(36,37)27-5-3-2-4-6-27)19-29(35)33-32-18-22-10-15-26(16-11-22)38-20-23-8-12-24(30)13-9-23/h2-18H,19-20H2,1H3,(H,33,35). The Bertz CT molecular complexity index is 1560. The summed E-state index contributed by atoms with van der Waals surface area (Å²) in [4.78, 5) is 12.8. The maximum absolute atomic E-state index is 13.4. The van der Waals surface area contributed by atoms with Crippen molar-refractivity contribution in [3.63, 3.8) is 0 Å². The fourth-order valence-electron chi connectivity index (χ4n) is 3.51. The molecule has 0 atom stereocenters. The second-order valence-corrected chi connectivity index (χ2v) is 11.2. The fraction of sp³-hybridized carbons (Fsp3) is 0.103. The van der Waals surface area contributed by atoms with Crippen LogP contribution >= 0.6 is 23.2 Å². The van der Waals surface area contributed by atoms with Crippen molar-refractivity contribution < 1.29 is 17.9 Å². The molecule has 4 aromatic rings. The van der Waals surface area contributed by atoms with Crippen LogP contribution < -0.4 is 14.5 Å². The van der Waals surface area contributed by atoms with E-state index in [-0.39, 0.29) is 10.6 Å². The lowest BCUT2D eigenvalue weighted by Crippen LogP contribution is -2.39. The minimum atomic E-state index is -4.05. The van der Waals surface area contributed by atoms with Gasteiger partial charge in [-0.3, -0.25) is 9.10 Å². The Morgan fingerprint density at radius 2 is 1.64 bits per heavy atom. The van der Waals surface area contributed by atoms with Crippen LogP contribution in [0.25, 0.3) is 0 Å². The molecule has 0 radical (unpaired) electrons. The monoisotopic (exact) mass is 581 g/mol.